The topological polar surface area (TPSA) is 81.4 Å². The fourth-order valence-corrected chi connectivity index (χ4v) is 3.89. The molecule has 1 aromatic heterocycles. The first-order chi connectivity index (χ1) is 9.81. The summed E-state index contributed by atoms with van der Waals surface area (Å²) in [6.45, 7) is 3.88. The maximum atomic E-state index is 12.6. The molecule has 0 saturated heterocycles. The first-order valence-electron chi connectivity index (χ1n) is 6.59. The highest BCUT2D eigenvalue weighted by Crippen LogP contribution is 2.47. The Labute approximate surface area is 132 Å². The van der Waals surface area contributed by atoms with E-state index in [1.54, 1.807) is 5.38 Å². The number of hydrogen-bond acceptors (Lipinski definition) is 5. The van der Waals surface area contributed by atoms with Gasteiger partial charge in [-0.25, -0.2) is 4.79 Å². The number of rotatable bonds is 4. The number of ether oxygens (including phenoxy) is 1. The standard InChI is InChI=1S/C14H18N2O3S2/c1-7-4-14(5-7,12(15)20)13(18)16-9-8(2)6-21-10(9)11(17)19-3/h6-7H,4-5H2,1-3H3,(H2,15,20)(H,16,18). The van der Waals surface area contributed by atoms with Crippen LogP contribution < -0.4 is 11.1 Å². The average Bonchev–Trinajstić information content (AvgIpc) is 2.75. The van der Waals surface area contributed by atoms with Crippen LogP contribution in [-0.4, -0.2) is 24.0 Å². The molecule has 114 valence electrons. The molecule has 1 aliphatic carbocycles. The molecule has 5 nitrogen and oxygen atoms in total. The van der Waals surface area contributed by atoms with Gasteiger partial charge in [-0.3, -0.25) is 4.79 Å². The quantitative estimate of drug-likeness (QED) is 0.656. The van der Waals surface area contributed by atoms with E-state index in [4.69, 9.17) is 22.7 Å². The number of thiophene rings is 1. The van der Waals surface area contributed by atoms with Crippen LogP contribution in [0.1, 0.15) is 35.0 Å². The summed E-state index contributed by atoms with van der Waals surface area (Å²) < 4.78 is 4.73. The van der Waals surface area contributed by atoms with Gasteiger partial charge >= 0.3 is 5.97 Å². The molecular formula is C14H18N2O3S2. The van der Waals surface area contributed by atoms with Crippen molar-refractivity contribution in [2.45, 2.75) is 26.7 Å². The van der Waals surface area contributed by atoms with Crippen LogP contribution in [0.25, 0.3) is 0 Å². The molecule has 2 rings (SSSR count). The van der Waals surface area contributed by atoms with Crippen molar-refractivity contribution in [1.29, 1.82) is 0 Å². The minimum Gasteiger partial charge on any atom is -0.465 e. The van der Waals surface area contributed by atoms with Gasteiger partial charge in [-0.1, -0.05) is 19.1 Å². The van der Waals surface area contributed by atoms with Crippen LogP contribution in [0.15, 0.2) is 5.38 Å². The number of aryl methyl sites for hydroxylation is 1. The molecule has 0 atom stereocenters. The number of thiocarbonyl (C=S) groups is 1. The van der Waals surface area contributed by atoms with Gasteiger partial charge in [0.2, 0.25) is 5.91 Å². The van der Waals surface area contributed by atoms with Gasteiger partial charge in [0, 0.05) is 0 Å². The van der Waals surface area contributed by atoms with Gasteiger partial charge in [-0.05, 0) is 36.6 Å². The summed E-state index contributed by atoms with van der Waals surface area (Å²) >= 11 is 6.32. The predicted octanol–water partition coefficient (Wildman–Crippen LogP) is 2.48. The first kappa shape index (κ1) is 15.9. The van der Waals surface area contributed by atoms with Crippen LogP contribution >= 0.6 is 23.6 Å². The number of esters is 1. The zero-order valence-corrected chi connectivity index (χ0v) is 13.8. The molecule has 1 fully saturated rings. The number of carbonyl (C=O) groups is 2. The Balaban J connectivity index is 2.26. The zero-order valence-electron chi connectivity index (χ0n) is 12.2. The van der Waals surface area contributed by atoms with E-state index in [1.165, 1.54) is 18.4 Å². The van der Waals surface area contributed by atoms with Crippen LogP contribution in [0.3, 0.4) is 0 Å². The third kappa shape index (κ3) is 2.67. The Kier molecular flexibility index (Phi) is 4.34. The van der Waals surface area contributed by atoms with E-state index in [-0.39, 0.29) is 10.9 Å². The van der Waals surface area contributed by atoms with E-state index < -0.39 is 11.4 Å². The van der Waals surface area contributed by atoms with Crippen LogP contribution in [0.2, 0.25) is 0 Å². The lowest BCUT2D eigenvalue weighted by molar-refractivity contribution is -0.127. The van der Waals surface area contributed by atoms with Gasteiger partial charge in [0.05, 0.1) is 23.2 Å². The lowest BCUT2D eigenvalue weighted by Crippen LogP contribution is -2.54. The fraction of sp³-hybridized carbons (Fsp3) is 0.500. The van der Waals surface area contributed by atoms with Crippen LogP contribution in [0.5, 0.6) is 0 Å². The van der Waals surface area contributed by atoms with E-state index >= 15 is 0 Å². The summed E-state index contributed by atoms with van der Waals surface area (Å²) in [6.07, 6.45) is 1.29. The van der Waals surface area contributed by atoms with Crippen LogP contribution in [-0.2, 0) is 9.53 Å². The van der Waals surface area contributed by atoms with E-state index in [0.717, 1.165) is 5.56 Å². The maximum Gasteiger partial charge on any atom is 0.350 e. The van der Waals surface area contributed by atoms with E-state index in [2.05, 4.69) is 12.2 Å². The average molecular weight is 326 g/mol. The van der Waals surface area contributed by atoms with Crippen molar-refractivity contribution in [3.05, 3.63) is 15.8 Å². The molecule has 3 N–H and O–H groups in total. The number of carbonyl (C=O) groups excluding carboxylic acids is 2. The molecule has 1 heterocycles. The SMILES string of the molecule is COC(=O)c1scc(C)c1NC(=O)C1(C(N)=S)CC(C)C1. The number of amides is 1. The number of anilines is 1. The van der Waals surface area contributed by atoms with Gasteiger partial charge in [-0.2, -0.15) is 0 Å². The molecule has 0 unspecified atom stereocenters. The van der Waals surface area contributed by atoms with Crippen molar-refractivity contribution in [1.82, 2.24) is 0 Å². The summed E-state index contributed by atoms with van der Waals surface area (Å²) in [5, 5.41) is 4.63. The zero-order chi connectivity index (χ0) is 15.8. The maximum absolute atomic E-state index is 12.6. The smallest absolute Gasteiger partial charge is 0.350 e. The Bertz CT molecular complexity index is 603. The second kappa shape index (κ2) is 5.73. The number of nitrogens with one attached hydrogen (secondary N) is 1. The second-order valence-electron chi connectivity index (χ2n) is 5.53. The molecule has 1 saturated carbocycles. The summed E-state index contributed by atoms with van der Waals surface area (Å²) in [6, 6.07) is 0. The highest BCUT2D eigenvalue weighted by atomic mass is 32.1. The predicted molar refractivity (Wildman–Crippen MR) is 86.6 cm³/mol. The minimum absolute atomic E-state index is 0.214. The molecule has 0 spiro atoms. The lowest BCUT2D eigenvalue weighted by Gasteiger charge is -2.44. The molecule has 0 bridgehead atoms. The summed E-state index contributed by atoms with van der Waals surface area (Å²) in [4.78, 5) is 24.9. The Morgan fingerprint density at radius 1 is 1.52 bits per heavy atom. The highest BCUT2D eigenvalue weighted by molar-refractivity contribution is 7.80. The van der Waals surface area contributed by atoms with Crippen molar-refractivity contribution in [3.8, 4) is 0 Å². The first-order valence-corrected chi connectivity index (χ1v) is 7.88. The molecule has 7 heteroatoms. The monoisotopic (exact) mass is 326 g/mol. The molecule has 0 radical (unpaired) electrons. The Morgan fingerprint density at radius 3 is 2.62 bits per heavy atom. The van der Waals surface area contributed by atoms with Crippen LogP contribution in [0, 0.1) is 18.3 Å². The van der Waals surface area contributed by atoms with E-state index in [9.17, 15) is 9.59 Å². The third-order valence-electron chi connectivity index (χ3n) is 3.88. The molecule has 1 amide bonds. The number of methoxy groups -OCH3 is 1. The van der Waals surface area contributed by atoms with Crippen molar-refractivity contribution in [2.24, 2.45) is 17.1 Å². The normalized spacial score (nSPS) is 24.0. The Hall–Kier alpha value is -1.47. The number of nitrogens with two attached hydrogens (primary N) is 1. The van der Waals surface area contributed by atoms with Crippen molar-refractivity contribution in [2.75, 3.05) is 12.4 Å². The fourth-order valence-electron chi connectivity index (χ4n) is 2.70. The lowest BCUT2D eigenvalue weighted by atomic mass is 9.62. The van der Waals surface area contributed by atoms with E-state index in [0.29, 0.717) is 29.3 Å². The largest absolute Gasteiger partial charge is 0.465 e. The molecule has 0 aromatic carbocycles. The van der Waals surface area contributed by atoms with Crippen molar-refractivity contribution < 1.29 is 14.3 Å². The van der Waals surface area contributed by atoms with Crippen LogP contribution in [0.4, 0.5) is 5.69 Å². The molecule has 0 aliphatic heterocycles. The van der Waals surface area contributed by atoms with Gasteiger partial charge in [0.25, 0.3) is 0 Å². The second-order valence-corrected chi connectivity index (χ2v) is 6.85. The highest BCUT2D eigenvalue weighted by Gasteiger charge is 2.51. The number of hydrogen-bond donors (Lipinski definition) is 2. The van der Waals surface area contributed by atoms with Gasteiger partial charge in [-0.15, -0.1) is 11.3 Å². The Morgan fingerprint density at radius 2 is 2.14 bits per heavy atom. The summed E-state index contributed by atoms with van der Waals surface area (Å²) in [5.74, 6) is -0.282. The van der Waals surface area contributed by atoms with Gasteiger partial charge in [0.15, 0.2) is 0 Å². The third-order valence-corrected chi connectivity index (χ3v) is 5.35. The van der Waals surface area contributed by atoms with Crippen molar-refractivity contribution in [3.63, 3.8) is 0 Å². The minimum atomic E-state index is -0.795. The van der Waals surface area contributed by atoms with E-state index in [1.807, 2.05) is 6.92 Å². The van der Waals surface area contributed by atoms with Gasteiger partial charge in [0.1, 0.15) is 4.88 Å². The van der Waals surface area contributed by atoms with Gasteiger partial charge < -0.3 is 15.8 Å². The molecule has 1 aromatic rings. The van der Waals surface area contributed by atoms with Crippen molar-refractivity contribution >= 4 is 46.1 Å². The molecular weight excluding hydrogens is 308 g/mol. The summed E-state index contributed by atoms with van der Waals surface area (Å²) in [7, 11) is 1.31. The molecule has 21 heavy (non-hydrogen) atoms. The molecule has 1 aliphatic rings. The summed E-state index contributed by atoms with van der Waals surface area (Å²) in [5.41, 5.74) is 6.28.